The van der Waals surface area contributed by atoms with Gasteiger partial charge in [0, 0.05) is 16.8 Å². The maximum atomic E-state index is 12.9. The van der Waals surface area contributed by atoms with Gasteiger partial charge in [-0.25, -0.2) is 9.59 Å². The number of fused-ring (bicyclic) bond motifs is 4. The molecule has 1 unspecified atom stereocenters. The molecule has 10 heteroatoms. The van der Waals surface area contributed by atoms with Crippen LogP contribution in [0.25, 0.3) is 21.7 Å². The van der Waals surface area contributed by atoms with Crippen molar-refractivity contribution in [3.8, 4) is 23.0 Å². The fraction of sp³-hybridized carbons (Fsp3) is 0.185. The molecule has 0 saturated heterocycles. The molecule has 188 valence electrons. The summed E-state index contributed by atoms with van der Waals surface area (Å²) in [5.41, 5.74) is -0.0774. The Morgan fingerprint density at radius 1 is 0.838 bits per heavy atom. The van der Waals surface area contributed by atoms with Gasteiger partial charge in [-0.2, -0.15) is 0 Å². The second kappa shape index (κ2) is 8.98. The van der Waals surface area contributed by atoms with E-state index in [1.165, 1.54) is 58.6 Å². The van der Waals surface area contributed by atoms with Crippen molar-refractivity contribution in [3.05, 3.63) is 70.1 Å². The fourth-order valence-electron chi connectivity index (χ4n) is 4.46. The summed E-state index contributed by atoms with van der Waals surface area (Å²) < 4.78 is 27.3. The molecule has 0 bridgehead atoms. The minimum atomic E-state index is -1.19. The zero-order chi connectivity index (χ0) is 26.4. The van der Waals surface area contributed by atoms with E-state index in [2.05, 4.69) is 0 Å². The van der Waals surface area contributed by atoms with Gasteiger partial charge in [-0.05, 0) is 37.3 Å². The van der Waals surface area contributed by atoms with Crippen LogP contribution >= 0.6 is 0 Å². The molecule has 0 spiro atoms. The summed E-state index contributed by atoms with van der Waals surface area (Å²) in [5.74, 6) is -1.04. The van der Waals surface area contributed by atoms with E-state index in [1.807, 2.05) is 0 Å². The van der Waals surface area contributed by atoms with Crippen LogP contribution in [0.3, 0.4) is 0 Å². The second-order valence-electron chi connectivity index (χ2n) is 8.24. The van der Waals surface area contributed by atoms with Crippen LogP contribution in [0.2, 0.25) is 0 Å². The molecule has 1 aliphatic rings. The van der Waals surface area contributed by atoms with E-state index in [-0.39, 0.29) is 33.6 Å². The Kier molecular flexibility index (Phi) is 5.79. The smallest absolute Gasteiger partial charge is 0.344 e. The van der Waals surface area contributed by atoms with Crippen molar-refractivity contribution in [3.63, 3.8) is 0 Å². The molecule has 5 rings (SSSR count). The number of rotatable bonds is 6. The van der Waals surface area contributed by atoms with E-state index in [9.17, 15) is 19.2 Å². The topological polar surface area (TPSA) is 122 Å². The lowest BCUT2D eigenvalue weighted by molar-refractivity contribution is -0.138. The van der Waals surface area contributed by atoms with Crippen LogP contribution in [0.15, 0.2) is 57.7 Å². The predicted octanol–water partition coefficient (Wildman–Crippen LogP) is 3.56. The lowest BCUT2D eigenvalue weighted by atomic mass is 10.0. The molecule has 0 saturated carbocycles. The summed E-state index contributed by atoms with van der Waals surface area (Å²) in [6.07, 6.45) is 0. The average molecular weight is 503 g/mol. The molecule has 1 aliphatic heterocycles. The minimum Gasteiger partial charge on any atom is -0.493 e. The van der Waals surface area contributed by atoms with Crippen molar-refractivity contribution >= 4 is 39.5 Å². The van der Waals surface area contributed by atoms with Crippen LogP contribution in [-0.4, -0.2) is 50.1 Å². The molecule has 1 aromatic heterocycles. The van der Waals surface area contributed by atoms with E-state index < -0.39 is 29.5 Å². The number of ether oxygens (including phenoxy) is 4. The summed E-state index contributed by atoms with van der Waals surface area (Å²) in [4.78, 5) is 52.0. The molecule has 1 atom stereocenters. The van der Waals surface area contributed by atoms with Crippen molar-refractivity contribution < 1.29 is 37.7 Å². The molecule has 2 amide bonds. The van der Waals surface area contributed by atoms with E-state index in [1.54, 1.807) is 18.2 Å². The Morgan fingerprint density at radius 2 is 1.49 bits per heavy atom. The molecular formula is C27H21NO9. The number of amides is 2. The normalized spacial score (nSPS) is 13.6. The minimum absolute atomic E-state index is 0.0582. The Labute approximate surface area is 209 Å². The highest BCUT2D eigenvalue weighted by Crippen LogP contribution is 2.45. The Morgan fingerprint density at radius 3 is 2.08 bits per heavy atom. The molecule has 0 N–H and O–H groups in total. The molecule has 3 aromatic carbocycles. The standard InChI is InChI=1S/C27H21NO9/c1-13(28-24(29)15-7-5-6-8-16(15)25(28)30)26(31)36-14-9-10-17-19(11-14)37-27(32)18-12-20(33-2)22(34-3)23(35-4)21(17)18/h5-13H,1-4H3. The summed E-state index contributed by atoms with van der Waals surface area (Å²) in [6.45, 7) is 1.41. The summed E-state index contributed by atoms with van der Waals surface area (Å²) in [6, 6.07) is 11.1. The van der Waals surface area contributed by atoms with Crippen LogP contribution in [0, 0.1) is 0 Å². The van der Waals surface area contributed by atoms with E-state index in [0.717, 1.165) is 4.90 Å². The lowest BCUT2D eigenvalue weighted by Gasteiger charge is -2.21. The molecular weight excluding hydrogens is 482 g/mol. The number of hydrogen-bond donors (Lipinski definition) is 0. The number of carbonyl (C=O) groups is 3. The van der Waals surface area contributed by atoms with Gasteiger partial charge in [-0.3, -0.25) is 14.5 Å². The highest BCUT2D eigenvalue weighted by molar-refractivity contribution is 6.22. The van der Waals surface area contributed by atoms with Gasteiger partial charge in [0.25, 0.3) is 11.8 Å². The number of hydrogen-bond acceptors (Lipinski definition) is 9. The molecule has 0 radical (unpaired) electrons. The summed E-state index contributed by atoms with van der Waals surface area (Å²) >= 11 is 0. The average Bonchev–Trinajstić information content (AvgIpc) is 3.16. The van der Waals surface area contributed by atoms with Gasteiger partial charge in [-0.1, -0.05) is 12.1 Å². The third-order valence-electron chi connectivity index (χ3n) is 6.25. The molecule has 2 heterocycles. The van der Waals surface area contributed by atoms with Crippen LogP contribution in [0.5, 0.6) is 23.0 Å². The van der Waals surface area contributed by atoms with Gasteiger partial charge in [-0.15, -0.1) is 0 Å². The van der Waals surface area contributed by atoms with E-state index in [4.69, 9.17) is 23.4 Å². The van der Waals surface area contributed by atoms with Gasteiger partial charge in [0.05, 0.1) is 37.8 Å². The van der Waals surface area contributed by atoms with Gasteiger partial charge < -0.3 is 23.4 Å². The Balaban J connectivity index is 1.51. The number of methoxy groups -OCH3 is 3. The molecule has 37 heavy (non-hydrogen) atoms. The van der Waals surface area contributed by atoms with E-state index >= 15 is 0 Å². The first kappa shape index (κ1) is 23.9. The molecule has 4 aromatic rings. The first-order chi connectivity index (χ1) is 17.8. The number of imide groups is 1. The molecule has 0 fully saturated rings. The monoisotopic (exact) mass is 503 g/mol. The van der Waals surface area contributed by atoms with Crippen LogP contribution < -0.4 is 24.6 Å². The van der Waals surface area contributed by atoms with Crippen molar-refractivity contribution in [2.24, 2.45) is 0 Å². The van der Waals surface area contributed by atoms with Gasteiger partial charge >= 0.3 is 11.6 Å². The highest BCUT2D eigenvalue weighted by Gasteiger charge is 2.41. The van der Waals surface area contributed by atoms with Crippen molar-refractivity contribution in [2.75, 3.05) is 21.3 Å². The zero-order valence-corrected chi connectivity index (χ0v) is 20.3. The maximum absolute atomic E-state index is 12.9. The molecule has 10 nitrogen and oxygen atoms in total. The molecule has 0 aliphatic carbocycles. The number of esters is 1. The van der Waals surface area contributed by atoms with Crippen LogP contribution in [-0.2, 0) is 4.79 Å². The highest BCUT2D eigenvalue weighted by atomic mass is 16.5. The first-order valence-electron chi connectivity index (χ1n) is 11.2. The first-order valence-corrected chi connectivity index (χ1v) is 11.2. The van der Waals surface area contributed by atoms with Gasteiger partial charge in [0.1, 0.15) is 17.4 Å². The predicted molar refractivity (Wildman–Crippen MR) is 132 cm³/mol. The van der Waals surface area contributed by atoms with Crippen molar-refractivity contribution in [1.29, 1.82) is 0 Å². The Bertz CT molecular complexity index is 1640. The quantitative estimate of drug-likeness (QED) is 0.128. The SMILES string of the molecule is COc1cc2c(=O)oc3cc(OC(=O)C(C)N4C(=O)c5ccccc5C4=O)ccc3c2c(OC)c1OC. The Hall–Kier alpha value is -4.86. The van der Waals surface area contributed by atoms with Gasteiger partial charge in [0.2, 0.25) is 5.75 Å². The fourth-order valence-corrected chi connectivity index (χ4v) is 4.46. The lowest BCUT2D eigenvalue weighted by Crippen LogP contribution is -2.44. The van der Waals surface area contributed by atoms with Crippen LogP contribution in [0.4, 0.5) is 0 Å². The number of benzene rings is 3. The zero-order valence-electron chi connectivity index (χ0n) is 20.3. The largest absolute Gasteiger partial charge is 0.493 e. The number of nitrogens with zero attached hydrogens (tertiary/aromatic N) is 1. The summed E-state index contributed by atoms with van der Waals surface area (Å²) in [7, 11) is 4.33. The maximum Gasteiger partial charge on any atom is 0.344 e. The van der Waals surface area contributed by atoms with Crippen LogP contribution in [0.1, 0.15) is 27.6 Å². The van der Waals surface area contributed by atoms with Crippen molar-refractivity contribution in [1.82, 2.24) is 4.90 Å². The second-order valence-corrected chi connectivity index (χ2v) is 8.24. The third-order valence-corrected chi connectivity index (χ3v) is 6.25. The van der Waals surface area contributed by atoms with E-state index in [0.29, 0.717) is 22.3 Å². The summed E-state index contributed by atoms with van der Waals surface area (Å²) in [5, 5.41) is 1.15. The van der Waals surface area contributed by atoms with Gasteiger partial charge in [0.15, 0.2) is 11.5 Å². The van der Waals surface area contributed by atoms with Crippen molar-refractivity contribution in [2.45, 2.75) is 13.0 Å². The third kappa shape index (κ3) is 3.65. The number of carbonyl (C=O) groups excluding carboxylic acids is 3.